The van der Waals surface area contributed by atoms with E-state index in [9.17, 15) is 30.7 Å². The molecule has 3 fully saturated rings. The van der Waals surface area contributed by atoms with Crippen molar-refractivity contribution in [1.29, 1.82) is 0 Å². The average molecular weight is 511 g/mol. The minimum atomic E-state index is -6.25. The van der Waals surface area contributed by atoms with E-state index in [1.807, 2.05) is 0 Å². The predicted molar refractivity (Wildman–Crippen MR) is 124 cm³/mol. The van der Waals surface area contributed by atoms with E-state index < -0.39 is 23.9 Å². The normalized spacial score (nSPS) is 33.1. The van der Waals surface area contributed by atoms with E-state index in [0.29, 0.717) is 0 Å². The summed E-state index contributed by atoms with van der Waals surface area (Å²) in [7, 11) is 0. The van der Waals surface area contributed by atoms with Gasteiger partial charge < -0.3 is 0 Å². The van der Waals surface area contributed by atoms with Gasteiger partial charge in [-0.25, -0.2) is 0 Å². The van der Waals surface area contributed by atoms with Crippen molar-refractivity contribution in [3.8, 4) is 11.8 Å². The van der Waals surface area contributed by atoms with Gasteiger partial charge in [-0.3, -0.25) is 0 Å². The second-order valence-corrected chi connectivity index (χ2v) is 11.4. The number of hydrogen-bond donors (Lipinski definition) is 0. The van der Waals surface area contributed by atoms with Crippen molar-refractivity contribution in [1.82, 2.24) is 0 Å². The fraction of sp³-hybridized carbons (Fsp3) is 0.929. The highest BCUT2D eigenvalue weighted by molar-refractivity contribution is 5.10. The molecule has 0 N–H and O–H groups in total. The Balaban J connectivity index is 1.39. The summed E-state index contributed by atoms with van der Waals surface area (Å²) in [6, 6.07) is 0. The summed E-state index contributed by atoms with van der Waals surface area (Å²) >= 11 is 0. The maximum Gasteiger partial charge on any atom is 0.459 e. The third-order valence-corrected chi connectivity index (χ3v) is 9.05. The van der Waals surface area contributed by atoms with Gasteiger partial charge in [0.15, 0.2) is 0 Å². The summed E-state index contributed by atoms with van der Waals surface area (Å²) in [5, 5.41) is 0. The van der Waals surface area contributed by atoms with Gasteiger partial charge in [0, 0.05) is 17.8 Å². The quantitative estimate of drug-likeness (QED) is 0.182. The molecule has 0 atom stereocenters. The van der Waals surface area contributed by atoms with Gasteiger partial charge in [0.25, 0.3) is 0 Å². The first-order chi connectivity index (χ1) is 16.5. The van der Waals surface area contributed by atoms with Crippen molar-refractivity contribution >= 4 is 0 Å². The van der Waals surface area contributed by atoms with Gasteiger partial charge in [-0.05, 0) is 82.0 Å². The van der Waals surface area contributed by atoms with Gasteiger partial charge in [0.05, 0.1) is 0 Å². The predicted octanol–water partition coefficient (Wildman–Crippen LogP) is 9.82. The first-order valence-corrected chi connectivity index (χ1v) is 13.8. The lowest BCUT2D eigenvalue weighted by atomic mass is 9.68. The van der Waals surface area contributed by atoms with Crippen LogP contribution in [0.5, 0.6) is 0 Å². The Hall–Kier alpha value is -0.930. The molecule has 0 unspecified atom stereocenters. The zero-order valence-electron chi connectivity index (χ0n) is 20.9. The number of rotatable bonds is 7. The second kappa shape index (κ2) is 12.1. The average Bonchev–Trinajstić information content (AvgIpc) is 2.83. The Bertz CT molecular complexity index is 693. The number of unbranched alkanes of at least 4 members (excludes halogenated alkanes) is 2. The lowest BCUT2D eigenvalue weighted by Gasteiger charge is -2.37. The Kier molecular flexibility index (Phi) is 9.88. The maximum absolute atomic E-state index is 14.0. The molecule has 3 saturated carbocycles. The third kappa shape index (κ3) is 7.10. The standard InChI is InChI=1S/C28H41F7/c1-2-3-4-5-20-8-14-23(15-9-20)24-16-10-21(11-17-24)6-7-22-12-18-25(19-13-22)26(29,30)27(31,32)28(33,34)35/h20-25H,2-5,8-19H2,1H3. The molecule has 7 heteroatoms. The molecule has 35 heavy (non-hydrogen) atoms. The molecule has 0 spiro atoms. The van der Waals surface area contributed by atoms with Crippen LogP contribution in [0.15, 0.2) is 0 Å². The van der Waals surface area contributed by atoms with Crippen LogP contribution in [0.1, 0.15) is 110 Å². The van der Waals surface area contributed by atoms with E-state index in [0.717, 1.165) is 30.6 Å². The summed E-state index contributed by atoms with van der Waals surface area (Å²) in [4.78, 5) is 0. The van der Waals surface area contributed by atoms with Crippen molar-refractivity contribution < 1.29 is 30.7 Å². The van der Waals surface area contributed by atoms with Crippen molar-refractivity contribution in [2.75, 3.05) is 0 Å². The van der Waals surface area contributed by atoms with Crippen LogP contribution in [-0.2, 0) is 0 Å². The lowest BCUT2D eigenvalue weighted by molar-refractivity contribution is -0.367. The molecule has 0 bridgehead atoms. The monoisotopic (exact) mass is 510 g/mol. The Morgan fingerprint density at radius 2 is 1.06 bits per heavy atom. The van der Waals surface area contributed by atoms with Gasteiger partial charge in [-0.15, -0.1) is 0 Å². The zero-order valence-corrected chi connectivity index (χ0v) is 20.9. The third-order valence-electron chi connectivity index (χ3n) is 9.05. The van der Waals surface area contributed by atoms with Gasteiger partial charge in [0.2, 0.25) is 0 Å². The van der Waals surface area contributed by atoms with Gasteiger partial charge in [0.1, 0.15) is 0 Å². The molecule has 3 rings (SSSR count). The first-order valence-electron chi connectivity index (χ1n) is 13.8. The van der Waals surface area contributed by atoms with E-state index in [1.165, 1.54) is 64.2 Å². The molecule has 0 aromatic carbocycles. The van der Waals surface area contributed by atoms with Crippen molar-refractivity contribution in [3.63, 3.8) is 0 Å². The molecular weight excluding hydrogens is 469 g/mol. The molecule has 3 aliphatic rings. The smallest absolute Gasteiger partial charge is 0.199 e. The molecule has 0 aromatic rings. The molecule has 3 aliphatic carbocycles. The van der Waals surface area contributed by atoms with Crippen molar-refractivity contribution in [2.24, 2.45) is 35.5 Å². The van der Waals surface area contributed by atoms with Crippen molar-refractivity contribution in [2.45, 2.75) is 128 Å². The van der Waals surface area contributed by atoms with Gasteiger partial charge in [-0.1, -0.05) is 57.3 Å². The van der Waals surface area contributed by atoms with Crippen molar-refractivity contribution in [3.05, 3.63) is 0 Å². The Morgan fingerprint density at radius 1 is 0.600 bits per heavy atom. The highest BCUT2D eigenvalue weighted by Crippen LogP contribution is 2.53. The zero-order chi connectivity index (χ0) is 25.7. The van der Waals surface area contributed by atoms with Crippen LogP contribution in [0, 0.1) is 47.3 Å². The number of halogens is 7. The van der Waals surface area contributed by atoms with Crippen LogP contribution in [0.3, 0.4) is 0 Å². The Labute approximate surface area is 206 Å². The lowest BCUT2D eigenvalue weighted by Crippen LogP contribution is -2.56. The molecule has 202 valence electrons. The van der Waals surface area contributed by atoms with Crippen LogP contribution >= 0.6 is 0 Å². The van der Waals surface area contributed by atoms with Crippen LogP contribution in [-0.4, -0.2) is 18.0 Å². The molecule has 0 amide bonds. The van der Waals surface area contributed by atoms with Gasteiger partial charge in [-0.2, -0.15) is 30.7 Å². The summed E-state index contributed by atoms with van der Waals surface area (Å²) < 4.78 is 91.9. The maximum atomic E-state index is 14.0. The molecule has 0 saturated heterocycles. The van der Waals surface area contributed by atoms with Gasteiger partial charge >= 0.3 is 18.0 Å². The van der Waals surface area contributed by atoms with E-state index in [-0.39, 0.29) is 37.5 Å². The van der Waals surface area contributed by atoms with E-state index in [1.54, 1.807) is 0 Å². The van der Waals surface area contributed by atoms with E-state index >= 15 is 0 Å². The number of hydrogen-bond acceptors (Lipinski definition) is 0. The summed E-state index contributed by atoms with van der Waals surface area (Å²) in [5.74, 6) is -4.00. The highest BCUT2D eigenvalue weighted by atomic mass is 19.4. The van der Waals surface area contributed by atoms with Crippen LogP contribution in [0.4, 0.5) is 30.7 Å². The largest absolute Gasteiger partial charge is 0.459 e. The van der Waals surface area contributed by atoms with E-state index in [2.05, 4.69) is 18.8 Å². The fourth-order valence-electron chi connectivity index (χ4n) is 6.65. The SMILES string of the molecule is CCCCCC1CCC(C2CCC(C#CC3CCC(C(F)(F)C(F)(F)C(F)(F)F)CC3)CC2)CC1. The number of alkyl halides is 7. The molecule has 0 heterocycles. The minimum absolute atomic E-state index is 0.151. The highest BCUT2D eigenvalue weighted by Gasteiger charge is 2.74. The molecule has 0 aliphatic heterocycles. The topological polar surface area (TPSA) is 0 Å². The summed E-state index contributed by atoms with van der Waals surface area (Å²) in [6.07, 6.45) is 8.56. The van der Waals surface area contributed by atoms with Crippen LogP contribution in [0.2, 0.25) is 0 Å². The van der Waals surface area contributed by atoms with E-state index in [4.69, 9.17) is 0 Å². The minimum Gasteiger partial charge on any atom is -0.199 e. The second-order valence-electron chi connectivity index (χ2n) is 11.4. The summed E-state index contributed by atoms with van der Waals surface area (Å²) in [5.41, 5.74) is 0. The summed E-state index contributed by atoms with van der Waals surface area (Å²) in [6.45, 7) is 2.25. The molecule has 0 nitrogen and oxygen atoms in total. The first kappa shape index (κ1) is 28.6. The van der Waals surface area contributed by atoms with Crippen LogP contribution in [0.25, 0.3) is 0 Å². The molecule has 0 aromatic heterocycles. The van der Waals surface area contributed by atoms with Crippen LogP contribution < -0.4 is 0 Å². The fourth-order valence-corrected chi connectivity index (χ4v) is 6.65. The Morgan fingerprint density at radius 3 is 1.51 bits per heavy atom. The molecule has 0 radical (unpaired) electrons. The molecular formula is C28H41F7.